The second-order valence-corrected chi connectivity index (χ2v) is 8.88. The topological polar surface area (TPSA) is 47.4 Å². The Morgan fingerprint density at radius 2 is 1.70 bits per heavy atom. The molecule has 168 valence electrons. The molecule has 5 nitrogen and oxygen atoms in total. The summed E-state index contributed by atoms with van der Waals surface area (Å²) in [4.78, 5) is 19.7. The summed E-state index contributed by atoms with van der Waals surface area (Å²) in [5, 5.41) is 0. The highest BCUT2D eigenvalue weighted by atomic mass is 16.5. The lowest BCUT2D eigenvalue weighted by molar-refractivity contribution is -0.117. The highest BCUT2D eigenvalue weighted by Crippen LogP contribution is 2.33. The molecule has 0 N–H and O–H groups in total. The van der Waals surface area contributed by atoms with Gasteiger partial charge in [0, 0.05) is 31.1 Å². The third kappa shape index (κ3) is 4.49. The van der Waals surface area contributed by atoms with Gasteiger partial charge in [-0.1, -0.05) is 36.4 Å². The van der Waals surface area contributed by atoms with Crippen LogP contribution in [0.15, 0.2) is 72.8 Å². The zero-order valence-electron chi connectivity index (χ0n) is 19.2. The van der Waals surface area contributed by atoms with Crippen molar-refractivity contribution < 1.29 is 9.53 Å². The van der Waals surface area contributed by atoms with Crippen molar-refractivity contribution in [2.75, 3.05) is 18.1 Å². The molecule has 1 aromatic heterocycles. The average Bonchev–Trinajstić information content (AvgIpc) is 3.37. The van der Waals surface area contributed by atoms with Gasteiger partial charge >= 0.3 is 0 Å². The molecule has 1 aliphatic heterocycles. The number of anilines is 1. The van der Waals surface area contributed by atoms with E-state index < -0.39 is 0 Å². The Morgan fingerprint density at radius 1 is 0.970 bits per heavy atom. The van der Waals surface area contributed by atoms with Gasteiger partial charge in [0.15, 0.2) is 0 Å². The predicted octanol–water partition coefficient (Wildman–Crippen LogP) is 5.64. The second kappa shape index (κ2) is 9.10. The van der Waals surface area contributed by atoms with Crippen LogP contribution in [0.4, 0.5) is 5.69 Å². The van der Waals surface area contributed by atoms with Crippen molar-refractivity contribution in [3.63, 3.8) is 0 Å². The first-order chi connectivity index (χ1) is 16.1. The Kier molecular flexibility index (Phi) is 5.86. The van der Waals surface area contributed by atoms with Crippen LogP contribution < -0.4 is 9.64 Å². The van der Waals surface area contributed by atoms with E-state index in [1.54, 1.807) is 0 Å². The van der Waals surface area contributed by atoms with Crippen molar-refractivity contribution in [2.45, 2.75) is 39.2 Å². The number of amides is 1. The summed E-state index contributed by atoms with van der Waals surface area (Å²) in [5.41, 5.74) is 5.47. The number of carbonyl (C=O) groups is 1. The van der Waals surface area contributed by atoms with Gasteiger partial charge in [-0.15, -0.1) is 0 Å². The molecule has 33 heavy (non-hydrogen) atoms. The number of rotatable bonds is 7. The highest BCUT2D eigenvalue weighted by Gasteiger charge is 2.34. The minimum absolute atomic E-state index is 0.0745. The zero-order chi connectivity index (χ0) is 22.8. The maximum atomic E-state index is 12.8. The molecular formula is C28H29N3O2. The van der Waals surface area contributed by atoms with E-state index in [1.807, 2.05) is 53.4 Å². The van der Waals surface area contributed by atoms with Crippen molar-refractivity contribution in [1.82, 2.24) is 9.55 Å². The van der Waals surface area contributed by atoms with Gasteiger partial charge in [-0.3, -0.25) is 4.79 Å². The van der Waals surface area contributed by atoms with Crippen LogP contribution in [-0.2, 0) is 11.3 Å². The fourth-order valence-electron chi connectivity index (χ4n) is 4.81. The van der Waals surface area contributed by atoms with Gasteiger partial charge in [-0.2, -0.15) is 0 Å². The number of nitrogens with zero attached hydrogens (tertiary/aromatic N) is 3. The molecular weight excluding hydrogens is 410 g/mol. The molecule has 1 amide bonds. The van der Waals surface area contributed by atoms with Crippen LogP contribution in [0.2, 0.25) is 0 Å². The summed E-state index contributed by atoms with van der Waals surface area (Å²) >= 11 is 0. The second-order valence-electron chi connectivity index (χ2n) is 8.88. The summed E-state index contributed by atoms with van der Waals surface area (Å²) in [6.07, 6.45) is 1.35. The lowest BCUT2D eigenvalue weighted by atomic mass is 10.1. The van der Waals surface area contributed by atoms with E-state index in [0.717, 1.165) is 41.3 Å². The Morgan fingerprint density at radius 3 is 2.48 bits per heavy atom. The van der Waals surface area contributed by atoms with E-state index in [1.165, 1.54) is 11.1 Å². The van der Waals surface area contributed by atoms with Crippen molar-refractivity contribution >= 4 is 22.6 Å². The van der Waals surface area contributed by atoms with Crippen molar-refractivity contribution in [2.24, 2.45) is 0 Å². The molecule has 4 aromatic rings. The van der Waals surface area contributed by atoms with E-state index in [4.69, 9.17) is 9.72 Å². The van der Waals surface area contributed by atoms with Crippen LogP contribution in [0.5, 0.6) is 5.75 Å². The van der Waals surface area contributed by atoms with Crippen LogP contribution in [-0.4, -0.2) is 28.6 Å². The van der Waals surface area contributed by atoms with Crippen LogP contribution in [0, 0.1) is 13.8 Å². The van der Waals surface area contributed by atoms with Crippen molar-refractivity contribution in [3.05, 3.63) is 89.7 Å². The van der Waals surface area contributed by atoms with Crippen LogP contribution in [0.3, 0.4) is 0 Å². The van der Waals surface area contributed by atoms with Gasteiger partial charge in [-0.25, -0.2) is 4.98 Å². The third-order valence-electron chi connectivity index (χ3n) is 6.23. The predicted molar refractivity (Wildman–Crippen MR) is 132 cm³/mol. The minimum atomic E-state index is 0.0745. The molecule has 0 aliphatic carbocycles. The fraction of sp³-hybridized carbons (Fsp3) is 0.286. The molecule has 5 rings (SSSR count). The maximum Gasteiger partial charge on any atom is 0.227 e. The largest absolute Gasteiger partial charge is 0.494 e. The fourth-order valence-corrected chi connectivity index (χ4v) is 4.81. The molecule has 0 bridgehead atoms. The molecule has 2 heterocycles. The molecule has 1 fully saturated rings. The quantitative estimate of drug-likeness (QED) is 0.350. The number of carbonyl (C=O) groups excluding carboxylic acids is 1. The molecule has 0 saturated carbocycles. The SMILES string of the molecule is Cc1cc(C)cc(OCCCn2c(C3CC(=O)N(c4ccccc4)C3)nc3ccccc32)c1. The minimum Gasteiger partial charge on any atom is -0.494 e. The smallest absolute Gasteiger partial charge is 0.227 e. The van der Waals surface area contributed by atoms with Gasteiger partial charge in [0.25, 0.3) is 0 Å². The van der Waals surface area contributed by atoms with Crippen LogP contribution in [0.1, 0.15) is 35.7 Å². The summed E-state index contributed by atoms with van der Waals surface area (Å²) in [7, 11) is 0. The first-order valence-electron chi connectivity index (χ1n) is 11.6. The third-order valence-corrected chi connectivity index (χ3v) is 6.23. The number of hydrogen-bond acceptors (Lipinski definition) is 3. The molecule has 5 heteroatoms. The lowest BCUT2D eigenvalue weighted by Gasteiger charge is -2.17. The molecule has 1 atom stereocenters. The number of hydrogen-bond donors (Lipinski definition) is 0. The summed E-state index contributed by atoms with van der Waals surface area (Å²) in [5.74, 6) is 2.14. The monoisotopic (exact) mass is 439 g/mol. The first-order valence-corrected chi connectivity index (χ1v) is 11.6. The van der Waals surface area contributed by atoms with E-state index >= 15 is 0 Å². The lowest BCUT2D eigenvalue weighted by Crippen LogP contribution is -2.24. The molecule has 0 spiro atoms. The van der Waals surface area contributed by atoms with Gasteiger partial charge in [0.1, 0.15) is 11.6 Å². The van der Waals surface area contributed by atoms with Crippen molar-refractivity contribution in [3.8, 4) is 5.75 Å². The number of aromatic nitrogens is 2. The Bertz CT molecular complexity index is 1260. The molecule has 0 radical (unpaired) electrons. The molecule has 1 aliphatic rings. The normalized spacial score (nSPS) is 16.0. The van der Waals surface area contributed by atoms with Crippen LogP contribution in [0.25, 0.3) is 11.0 Å². The molecule has 3 aromatic carbocycles. The summed E-state index contributed by atoms with van der Waals surface area (Å²) in [6, 6.07) is 24.4. The van der Waals surface area contributed by atoms with E-state index in [2.05, 4.69) is 42.7 Å². The average molecular weight is 440 g/mol. The summed E-state index contributed by atoms with van der Waals surface area (Å²) in [6.45, 7) is 6.27. The van der Waals surface area contributed by atoms with Gasteiger partial charge < -0.3 is 14.2 Å². The Balaban J connectivity index is 1.34. The highest BCUT2D eigenvalue weighted by molar-refractivity contribution is 5.96. The Labute approximate surface area is 194 Å². The number of aryl methyl sites for hydroxylation is 3. The van der Waals surface area contributed by atoms with E-state index in [-0.39, 0.29) is 11.8 Å². The molecule has 1 unspecified atom stereocenters. The number of ether oxygens (including phenoxy) is 1. The number of fused-ring (bicyclic) bond motifs is 1. The van der Waals surface area contributed by atoms with E-state index in [9.17, 15) is 4.79 Å². The summed E-state index contributed by atoms with van der Waals surface area (Å²) < 4.78 is 8.32. The van der Waals surface area contributed by atoms with E-state index in [0.29, 0.717) is 19.6 Å². The first kappa shape index (κ1) is 21.3. The standard InChI is InChI=1S/C28H29N3O2/c1-20-15-21(2)17-24(16-20)33-14-8-13-30-26-12-7-6-11-25(26)29-28(30)22-18-27(32)31(19-22)23-9-4-3-5-10-23/h3-7,9-12,15-17,22H,8,13-14,18-19H2,1-2H3. The number of benzene rings is 3. The zero-order valence-corrected chi connectivity index (χ0v) is 19.2. The van der Waals surface area contributed by atoms with Crippen molar-refractivity contribution in [1.29, 1.82) is 0 Å². The van der Waals surface area contributed by atoms with Gasteiger partial charge in [0.2, 0.25) is 5.91 Å². The maximum absolute atomic E-state index is 12.8. The Hall–Kier alpha value is -3.60. The molecule has 1 saturated heterocycles. The van der Waals surface area contributed by atoms with Gasteiger partial charge in [-0.05, 0) is 67.8 Å². The van der Waals surface area contributed by atoms with Crippen LogP contribution >= 0.6 is 0 Å². The van der Waals surface area contributed by atoms with Gasteiger partial charge in [0.05, 0.1) is 17.6 Å². The number of para-hydroxylation sites is 3. The number of imidazole rings is 1.